The lowest BCUT2D eigenvalue weighted by Gasteiger charge is -2.01. The van der Waals surface area contributed by atoms with Crippen LogP contribution in [0.5, 0.6) is 0 Å². The van der Waals surface area contributed by atoms with Crippen molar-refractivity contribution < 1.29 is 13.1 Å². The van der Waals surface area contributed by atoms with Crippen molar-refractivity contribution in [1.82, 2.24) is 10.2 Å². The maximum absolute atomic E-state index is 12.3. The Balaban J connectivity index is 2.06. The van der Waals surface area contributed by atoms with Gasteiger partial charge in [0.15, 0.2) is 0 Å². The molecule has 1 aromatic carbocycles. The molecule has 0 saturated carbocycles. The fraction of sp³-hybridized carbons (Fsp3) is 0.250. The van der Waals surface area contributed by atoms with Crippen LogP contribution in [0.25, 0.3) is 0 Å². The van der Waals surface area contributed by atoms with Crippen LogP contribution < -0.4 is 5.32 Å². The molecule has 1 amide bonds. The zero-order valence-electron chi connectivity index (χ0n) is 10.4. The van der Waals surface area contributed by atoms with Crippen LogP contribution in [0.2, 0.25) is 0 Å². The van der Waals surface area contributed by atoms with E-state index in [1.807, 2.05) is 13.8 Å². The molecule has 0 atom stereocenters. The summed E-state index contributed by atoms with van der Waals surface area (Å²) in [7, 11) is 0. The van der Waals surface area contributed by atoms with Crippen LogP contribution in [0.4, 0.5) is 9.90 Å². The summed E-state index contributed by atoms with van der Waals surface area (Å²) in [6.45, 7) is 3.82. The van der Waals surface area contributed by atoms with Crippen LogP contribution in [0.3, 0.4) is 0 Å². The molecule has 0 fully saturated rings. The number of hydrogen-bond donors (Lipinski definition) is 1. The van der Waals surface area contributed by atoms with Gasteiger partial charge >= 0.3 is 6.01 Å². The van der Waals surface area contributed by atoms with E-state index in [4.69, 9.17) is 4.42 Å². The van der Waals surface area contributed by atoms with Gasteiger partial charge in [-0.2, -0.15) is 3.89 Å². The third kappa shape index (κ3) is 3.31. The van der Waals surface area contributed by atoms with Crippen molar-refractivity contribution in [1.29, 1.82) is 0 Å². The summed E-state index contributed by atoms with van der Waals surface area (Å²) in [4.78, 5) is 12.3. The zero-order chi connectivity index (χ0) is 13.8. The van der Waals surface area contributed by atoms with Crippen molar-refractivity contribution in [2.75, 3.05) is 5.32 Å². The van der Waals surface area contributed by atoms with Gasteiger partial charge < -0.3 is 4.42 Å². The summed E-state index contributed by atoms with van der Waals surface area (Å²) in [5, 5.41) is 10.0. The summed E-state index contributed by atoms with van der Waals surface area (Å²) >= 11 is 0.127. The summed E-state index contributed by atoms with van der Waals surface area (Å²) in [6, 6.07) is 6.14. The minimum absolute atomic E-state index is 0.0534. The van der Waals surface area contributed by atoms with E-state index in [0.29, 0.717) is 16.3 Å². The van der Waals surface area contributed by atoms with Gasteiger partial charge in [0.05, 0.1) is 12.1 Å². The molecule has 1 N–H and O–H groups in total. The van der Waals surface area contributed by atoms with Gasteiger partial charge in [0.25, 0.3) is 5.91 Å². The predicted molar refractivity (Wildman–Crippen MR) is 69.7 cm³/mol. The summed E-state index contributed by atoms with van der Waals surface area (Å²) in [5.74, 6) is 0.174. The fourth-order valence-corrected chi connectivity index (χ4v) is 1.58. The number of aromatic nitrogens is 2. The number of halogens is 1. The molecule has 0 aliphatic rings. The standard InChI is InChI=1S/C12H12FN3O2S/c1-7(2)11-15-16-12(18-11)14-10(17)8-3-5-9(19-13)6-4-8/h3-7H,1-2H3,(H,14,16,17). The number of nitrogens with zero attached hydrogens (tertiary/aromatic N) is 2. The molecular formula is C12H12FN3O2S. The highest BCUT2D eigenvalue weighted by atomic mass is 32.2. The van der Waals surface area contributed by atoms with Gasteiger partial charge in [0.1, 0.15) is 0 Å². The Morgan fingerprint density at radius 2 is 2.00 bits per heavy atom. The Morgan fingerprint density at radius 3 is 2.53 bits per heavy atom. The molecule has 0 aliphatic heterocycles. The predicted octanol–water partition coefficient (Wildman–Crippen LogP) is 3.42. The molecule has 0 unspecified atom stereocenters. The lowest BCUT2D eigenvalue weighted by molar-refractivity contribution is 0.102. The number of amides is 1. The first-order chi connectivity index (χ1) is 9.10. The van der Waals surface area contributed by atoms with Gasteiger partial charge in [-0.1, -0.05) is 18.9 Å². The third-order valence-corrected chi connectivity index (χ3v) is 2.81. The second-order valence-electron chi connectivity index (χ2n) is 4.16. The van der Waals surface area contributed by atoms with Gasteiger partial charge in [0, 0.05) is 16.4 Å². The maximum Gasteiger partial charge on any atom is 0.322 e. The van der Waals surface area contributed by atoms with Gasteiger partial charge in [-0.25, -0.2) is 0 Å². The molecule has 1 heterocycles. The lowest BCUT2D eigenvalue weighted by Crippen LogP contribution is -2.11. The van der Waals surface area contributed by atoms with Crippen molar-refractivity contribution in [3.63, 3.8) is 0 Å². The number of anilines is 1. The molecule has 0 radical (unpaired) electrons. The van der Waals surface area contributed by atoms with Crippen LogP contribution in [-0.2, 0) is 0 Å². The number of nitrogens with one attached hydrogen (secondary N) is 1. The van der Waals surface area contributed by atoms with Gasteiger partial charge in [-0.3, -0.25) is 10.1 Å². The lowest BCUT2D eigenvalue weighted by atomic mass is 10.2. The zero-order valence-corrected chi connectivity index (χ0v) is 11.2. The molecule has 19 heavy (non-hydrogen) atoms. The van der Waals surface area contributed by atoms with Crippen molar-refractivity contribution in [2.24, 2.45) is 0 Å². The minimum atomic E-state index is -0.380. The van der Waals surface area contributed by atoms with E-state index in [1.54, 1.807) is 0 Å². The Labute approximate surface area is 113 Å². The third-order valence-electron chi connectivity index (χ3n) is 2.36. The Hall–Kier alpha value is -1.89. The second-order valence-corrected chi connectivity index (χ2v) is 4.78. The average Bonchev–Trinajstić information content (AvgIpc) is 2.87. The van der Waals surface area contributed by atoms with E-state index in [0.717, 1.165) is 0 Å². The quantitative estimate of drug-likeness (QED) is 0.930. The number of carbonyl (C=O) groups is 1. The van der Waals surface area contributed by atoms with Crippen molar-refractivity contribution >= 4 is 24.1 Å². The second kappa shape index (κ2) is 5.83. The normalized spacial score (nSPS) is 10.7. The molecule has 1 aromatic heterocycles. The summed E-state index contributed by atoms with van der Waals surface area (Å²) < 4.78 is 17.5. The van der Waals surface area contributed by atoms with Gasteiger partial charge in [-0.15, -0.1) is 5.10 Å². The first-order valence-corrected chi connectivity index (χ1v) is 6.35. The van der Waals surface area contributed by atoms with Gasteiger partial charge in [0.2, 0.25) is 5.89 Å². The van der Waals surface area contributed by atoms with Crippen LogP contribution in [0.15, 0.2) is 33.6 Å². The highest BCUT2D eigenvalue weighted by molar-refractivity contribution is 7.94. The Bertz CT molecular complexity index is 569. The SMILES string of the molecule is CC(C)c1nnc(NC(=O)c2ccc(SF)cc2)o1. The first kappa shape index (κ1) is 13.5. The Kier molecular flexibility index (Phi) is 4.16. The molecule has 0 saturated heterocycles. The number of hydrogen-bond acceptors (Lipinski definition) is 5. The van der Waals surface area contributed by atoms with Crippen LogP contribution in [0, 0.1) is 0 Å². The molecule has 2 rings (SSSR count). The van der Waals surface area contributed by atoms with Crippen molar-refractivity contribution in [3.05, 3.63) is 35.7 Å². The highest BCUT2D eigenvalue weighted by Crippen LogP contribution is 2.19. The fourth-order valence-electron chi connectivity index (χ4n) is 1.35. The van der Waals surface area contributed by atoms with E-state index in [9.17, 15) is 8.68 Å². The number of benzene rings is 1. The summed E-state index contributed by atoms with van der Waals surface area (Å²) in [6.07, 6.45) is 0. The van der Waals surface area contributed by atoms with Crippen molar-refractivity contribution in [3.8, 4) is 0 Å². The topological polar surface area (TPSA) is 68.0 Å². The van der Waals surface area contributed by atoms with Crippen LogP contribution >= 0.6 is 12.1 Å². The van der Waals surface area contributed by atoms with Crippen molar-refractivity contribution in [2.45, 2.75) is 24.7 Å². The average molecular weight is 281 g/mol. The molecule has 7 heteroatoms. The number of carbonyl (C=O) groups excluding carboxylic acids is 1. The molecule has 5 nitrogen and oxygen atoms in total. The minimum Gasteiger partial charge on any atom is -0.408 e. The van der Waals surface area contributed by atoms with E-state index >= 15 is 0 Å². The van der Waals surface area contributed by atoms with E-state index in [-0.39, 0.29) is 30.0 Å². The van der Waals surface area contributed by atoms with Crippen LogP contribution in [0.1, 0.15) is 36.0 Å². The summed E-state index contributed by atoms with van der Waals surface area (Å²) in [5.41, 5.74) is 0.391. The molecule has 0 aliphatic carbocycles. The molecule has 100 valence electrons. The van der Waals surface area contributed by atoms with Gasteiger partial charge in [-0.05, 0) is 24.3 Å². The molecule has 0 spiro atoms. The van der Waals surface area contributed by atoms with E-state index < -0.39 is 0 Å². The Morgan fingerprint density at radius 1 is 1.32 bits per heavy atom. The highest BCUT2D eigenvalue weighted by Gasteiger charge is 2.13. The molecule has 2 aromatic rings. The smallest absolute Gasteiger partial charge is 0.322 e. The molecule has 0 bridgehead atoms. The van der Waals surface area contributed by atoms with E-state index in [1.165, 1.54) is 24.3 Å². The first-order valence-electron chi connectivity index (χ1n) is 5.63. The monoisotopic (exact) mass is 281 g/mol. The van der Waals surface area contributed by atoms with Crippen LogP contribution in [-0.4, -0.2) is 16.1 Å². The molecular weight excluding hydrogens is 269 g/mol. The number of rotatable bonds is 4. The largest absolute Gasteiger partial charge is 0.408 e. The maximum atomic E-state index is 12.3. The van der Waals surface area contributed by atoms with E-state index in [2.05, 4.69) is 15.5 Å².